The minimum atomic E-state index is -1.47. The summed E-state index contributed by atoms with van der Waals surface area (Å²) in [7, 11) is -1.47. The summed E-state index contributed by atoms with van der Waals surface area (Å²) in [6.07, 6.45) is 1.47. The summed E-state index contributed by atoms with van der Waals surface area (Å²) in [4.78, 5) is 25.7. The van der Waals surface area contributed by atoms with E-state index in [2.05, 4.69) is 0 Å². The molecule has 1 aliphatic rings. The number of ketones is 2. The van der Waals surface area contributed by atoms with Gasteiger partial charge in [-0.15, -0.1) is 0 Å². The van der Waals surface area contributed by atoms with Gasteiger partial charge in [0.1, 0.15) is 0 Å². The molecule has 0 saturated carbocycles. The molecule has 1 unspecified atom stereocenters. The van der Waals surface area contributed by atoms with Gasteiger partial charge in [-0.1, -0.05) is 54.6 Å². The summed E-state index contributed by atoms with van der Waals surface area (Å²) in [6.45, 7) is 0. The maximum atomic E-state index is 13.0. The van der Waals surface area contributed by atoms with Crippen molar-refractivity contribution in [2.24, 2.45) is 0 Å². The maximum absolute atomic E-state index is 13.0. The highest BCUT2D eigenvalue weighted by molar-refractivity contribution is 7.84. The zero-order chi connectivity index (χ0) is 16.8. The summed E-state index contributed by atoms with van der Waals surface area (Å²) in [5.41, 5.74) is 2.01. The minimum absolute atomic E-state index is 0.0252. The van der Waals surface area contributed by atoms with Gasteiger partial charge in [-0.2, -0.15) is 0 Å². The molecule has 3 aromatic rings. The zero-order valence-corrected chi connectivity index (χ0v) is 13.6. The Morgan fingerprint density at radius 2 is 1.38 bits per heavy atom. The van der Waals surface area contributed by atoms with Crippen LogP contribution in [-0.4, -0.2) is 22.0 Å². The van der Waals surface area contributed by atoms with E-state index in [1.54, 1.807) is 36.4 Å². The van der Waals surface area contributed by atoms with Gasteiger partial charge in [0.25, 0.3) is 0 Å². The summed E-state index contributed by atoms with van der Waals surface area (Å²) in [6, 6.07) is 15.8. The van der Waals surface area contributed by atoms with E-state index in [9.17, 15) is 13.8 Å². The molecule has 0 radical (unpaired) electrons. The van der Waals surface area contributed by atoms with E-state index in [0.29, 0.717) is 22.3 Å². The number of furan rings is 1. The van der Waals surface area contributed by atoms with Gasteiger partial charge in [0.15, 0.2) is 16.6 Å². The molecule has 0 fully saturated rings. The Morgan fingerprint density at radius 3 is 2.00 bits per heavy atom. The van der Waals surface area contributed by atoms with Crippen LogP contribution in [0.3, 0.4) is 0 Å². The second-order valence-corrected chi connectivity index (χ2v) is 6.77. The maximum Gasteiger partial charge on any atom is 0.229 e. The SMILES string of the molecule is CS(=O)c1oc2c(c1-c1ccccc1)C(=O)c1ccccc1C2=O. The van der Waals surface area contributed by atoms with Crippen molar-refractivity contribution >= 4 is 22.4 Å². The normalized spacial score (nSPS) is 14.2. The number of hydrogen-bond acceptors (Lipinski definition) is 4. The van der Waals surface area contributed by atoms with Crippen molar-refractivity contribution in [3.05, 3.63) is 77.0 Å². The van der Waals surface area contributed by atoms with Crippen LogP contribution < -0.4 is 0 Å². The summed E-state index contributed by atoms with van der Waals surface area (Å²) in [5, 5.41) is 0.153. The van der Waals surface area contributed by atoms with Crippen LogP contribution in [0.15, 0.2) is 64.1 Å². The molecule has 24 heavy (non-hydrogen) atoms. The van der Waals surface area contributed by atoms with Crippen molar-refractivity contribution < 1.29 is 18.2 Å². The Morgan fingerprint density at radius 1 is 0.792 bits per heavy atom. The molecule has 0 aliphatic heterocycles. The Balaban J connectivity index is 2.07. The van der Waals surface area contributed by atoms with Crippen LogP contribution in [0.4, 0.5) is 0 Å². The third-order valence-electron chi connectivity index (χ3n) is 4.05. The lowest BCUT2D eigenvalue weighted by Crippen LogP contribution is -2.19. The molecule has 1 atom stereocenters. The van der Waals surface area contributed by atoms with Crippen LogP contribution in [0.1, 0.15) is 32.0 Å². The first-order chi connectivity index (χ1) is 11.6. The molecule has 1 aliphatic carbocycles. The monoisotopic (exact) mass is 336 g/mol. The molecule has 0 N–H and O–H groups in total. The van der Waals surface area contributed by atoms with Crippen LogP contribution in [-0.2, 0) is 10.8 Å². The highest BCUT2D eigenvalue weighted by Gasteiger charge is 2.38. The van der Waals surface area contributed by atoms with Crippen molar-refractivity contribution in [2.75, 3.05) is 6.26 Å². The van der Waals surface area contributed by atoms with Gasteiger partial charge in [-0.25, -0.2) is 0 Å². The zero-order valence-electron chi connectivity index (χ0n) is 12.7. The predicted octanol–water partition coefficient (Wildman–Crippen LogP) is 3.46. The van der Waals surface area contributed by atoms with Gasteiger partial charge < -0.3 is 4.42 Å². The number of fused-ring (bicyclic) bond motifs is 2. The van der Waals surface area contributed by atoms with Gasteiger partial charge in [0.2, 0.25) is 5.78 Å². The van der Waals surface area contributed by atoms with Crippen LogP contribution in [0, 0.1) is 0 Å². The van der Waals surface area contributed by atoms with Gasteiger partial charge in [0.05, 0.1) is 16.4 Å². The number of benzene rings is 2. The van der Waals surface area contributed by atoms with E-state index in [-0.39, 0.29) is 28.0 Å². The molecule has 4 rings (SSSR count). The van der Waals surface area contributed by atoms with Crippen molar-refractivity contribution in [1.29, 1.82) is 0 Å². The largest absolute Gasteiger partial charge is 0.442 e. The molecule has 0 saturated heterocycles. The third kappa shape index (κ3) is 2.02. The summed E-state index contributed by atoms with van der Waals surface area (Å²) < 4.78 is 17.8. The fourth-order valence-electron chi connectivity index (χ4n) is 2.99. The summed E-state index contributed by atoms with van der Waals surface area (Å²) >= 11 is 0. The topological polar surface area (TPSA) is 64.3 Å². The first-order valence-electron chi connectivity index (χ1n) is 7.33. The Labute approximate surface area is 140 Å². The van der Waals surface area contributed by atoms with Gasteiger partial charge >= 0.3 is 0 Å². The minimum Gasteiger partial charge on any atom is -0.442 e. The smallest absolute Gasteiger partial charge is 0.229 e. The van der Waals surface area contributed by atoms with Crippen molar-refractivity contribution in [2.45, 2.75) is 5.09 Å². The van der Waals surface area contributed by atoms with Gasteiger partial charge in [-0.3, -0.25) is 13.8 Å². The fraction of sp³-hybridized carbons (Fsp3) is 0.0526. The summed E-state index contributed by atoms with van der Waals surface area (Å²) in [5.74, 6) is -0.656. The molecular weight excluding hydrogens is 324 g/mol. The molecule has 0 spiro atoms. The second-order valence-electron chi connectivity index (χ2n) is 5.49. The van der Waals surface area contributed by atoms with E-state index in [1.807, 2.05) is 18.2 Å². The molecule has 0 bridgehead atoms. The first-order valence-corrected chi connectivity index (χ1v) is 8.89. The molecular formula is C19H12O4S. The van der Waals surface area contributed by atoms with E-state index in [4.69, 9.17) is 4.42 Å². The van der Waals surface area contributed by atoms with E-state index < -0.39 is 10.8 Å². The van der Waals surface area contributed by atoms with Crippen molar-refractivity contribution in [3.8, 4) is 11.1 Å². The molecule has 2 aromatic carbocycles. The molecule has 0 amide bonds. The first kappa shape index (κ1) is 14.8. The van der Waals surface area contributed by atoms with E-state index in [0.717, 1.165) is 0 Å². The number of rotatable bonds is 2. The molecule has 1 aromatic heterocycles. The van der Waals surface area contributed by atoms with Crippen LogP contribution >= 0.6 is 0 Å². The Kier molecular flexibility index (Phi) is 3.32. The quantitative estimate of drug-likeness (QED) is 0.562. The second kappa shape index (κ2) is 5.39. The number of carbonyl (C=O) groups excluding carboxylic acids is 2. The van der Waals surface area contributed by atoms with Crippen molar-refractivity contribution in [1.82, 2.24) is 0 Å². The highest BCUT2D eigenvalue weighted by atomic mass is 32.2. The number of carbonyl (C=O) groups is 2. The van der Waals surface area contributed by atoms with Crippen molar-refractivity contribution in [3.63, 3.8) is 0 Å². The Bertz CT molecular complexity index is 1020. The van der Waals surface area contributed by atoms with Crippen LogP contribution in [0.2, 0.25) is 0 Å². The van der Waals surface area contributed by atoms with Crippen LogP contribution in [0.25, 0.3) is 11.1 Å². The Hall–Kier alpha value is -2.79. The van der Waals surface area contributed by atoms with E-state index >= 15 is 0 Å². The molecule has 5 heteroatoms. The highest BCUT2D eigenvalue weighted by Crippen LogP contribution is 2.40. The average molecular weight is 336 g/mol. The third-order valence-corrected chi connectivity index (χ3v) is 4.86. The lowest BCUT2D eigenvalue weighted by Gasteiger charge is -2.13. The fourth-order valence-corrected chi connectivity index (χ4v) is 3.70. The van der Waals surface area contributed by atoms with Crippen LogP contribution in [0.5, 0.6) is 0 Å². The lowest BCUT2D eigenvalue weighted by atomic mass is 9.85. The molecule has 4 nitrogen and oxygen atoms in total. The standard InChI is InChI=1S/C19H12O4S/c1-24(22)19-14(11-7-3-2-4-8-11)15-16(20)12-9-5-6-10-13(12)17(21)18(15)23-19/h2-10H,1H3. The number of hydrogen-bond donors (Lipinski definition) is 0. The van der Waals surface area contributed by atoms with Gasteiger partial charge in [0, 0.05) is 22.9 Å². The molecule has 118 valence electrons. The molecule has 1 heterocycles. The predicted molar refractivity (Wildman–Crippen MR) is 89.8 cm³/mol. The average Bonchev–Trinajstić information content (AvgIpc) is 3.02. The van der Waals surface area contributed by atoms with Gasteiger partial charge in [-0.05, 0) is 5.56 Å². The lowest BCUT2D eigenvalue weighted by molar-refractivity contribution is 0.0957. The van der Waals surface area contributed by atoms with E-state index in [1.165, 1.54) is 6.26 Å².